The number of hydrogen-bond acceptors (Lipinski definition) is 10. The van der Waals surface area contributed by atoms with Gasteiger partial charge in [0.15, 0.2) is 0 Å². The minimum Gasteiger partial charge on any atom is -0.492 e. The number of carbonyl (C=O) groups excluding carboxylic acids is 5. The van der Waals surface area contributed by atoms with Crippen LogP contribution in [0.4, 0.5) is 0 Å². The van der Waals surface area contributed by atoms with Crippen molar-refractivity contribution in [3.05, 3.63) is 65.4 Å². The van der Waals surface area contributed by atoms with Gasteiger partial charge in [0.05, 0.1) is 15.5 Å². The summed E-state index contributed by atoms with van der Waals surface area (Å²) in [6, 6.07) is 9.21. The lowest BCUT2D eigenvalue weighted by molar-refractivity contribution is -0.139. The van der Waals surface area contributed by atoms with Crippen molar-refractivity contribution in [2.24, 2.45) is 0 Å². The minimum atomic E-state index is -1.13. The Morgan fingerprint density at radius 3 is 2.20 bits per heavy atom. The zero-order valence-electron chi connectivity index (χ0n) is 31.7. The van der Waals surface area contributed by atoms with Crippen LogP contribution in [0, 0.1) is 6.92 Å². The Morgan fingerprint density at radius 2 is 1.56 bits per heavy atom. The maximum absolute atomic E-state index is 14.1. The predicted molar refractivity (Wildman–Crippen MR) is 232 cm³/mol. The average molecular weight is 854 g/mol. The van der Waals surface area contributed by atoms with Crippen molar-refractivity contribution in [1.82, 2.24) is 36.4 Å². The van der Waals surface area contributed by atoms with Crippen molar-refractivity contribution in [1.29, 1.82) is 0 Å². The molecule has 4 amide bonds. The number of aromatic nitrogens is 1. The van der Waals surface area contributed by atoms with Crippen LogP contribution in [0.2, 0.25) is 0 Å². The summed E-state index contributed by atoms with van der Waals surface area (Å²) in [6.07, 6.45) is 3.65. The number of para-hydroxylation sites is 1. The van der Waals surface area contributed by atoms with Gasteiger partial charge in [-0.3, -0.25) is 29.4 Å². The molecule has 8 atom stereocenters. The monoisotopic (exact) mass is 853 g/mol. The summed E-state index contributed by atoms with van der Waals surface area (Å²) in [6.45, 7) is 8.56. The number of aryl methyl sites for hydroxylation is 1. The Kier molecular flexibility index (Phi) is 19.8. The van der Waals surface area contributed by atoms with E-state index >= 15 is 0 Å². The van der Waals surface area contributed by atoms with Crippen LogP contribution in [-0.4, -0.2) is 83.2 Å². The molecule has 4 unspecified atom stereocenters. The summed E-state index contributed by atoms with van der Waals surface area (Å²) >= 11 is 1.28. The highest BCUT2D eigenvalue weighted by molar-refractivity contribution is 8.44. The molecule has 0 aliphatic heterocycles. The summed E-state index contributed by atoms with van der Waals surface area (Å²) in [5.41, 5.74) is 3.76. The summed E-state index contributed by atoms with van der Waals surface area (Å²) in [4.78, 5) is 69.6. The molecule has 7 N–H and O–H groups in total. The van der Waals surface area contributed by atoms with Crippen LogP contribution in [-0.2, 0) is 41.3 Å². The Morgan fingerprint density at radius 1 is 0.873 bits per heavy atom. The SMILES string of the molecule is CC(=O)NCCCC[C@H](NC(=O)[C@H](Cc1c[nH]c2c(C)cccc12)NP)C(=O)N[C@H](C(=O)N[C@@H](Cc1ccc(OCCNP)cc1)C(=O)OP)C(C)(C)SP. The summed E-state index contributed by atoms with van der Waals surface area (Å²) in [5, 5.41) is 18.3. The van der Waals surface area contributed by atoms with Gasteiger partial charge in [-0.1, -0.05) is 57.6 Å². The summed E-state index contributed by atoms with van der Waals surface area (Å²) < 4.78 is 9.76. The summed E-state index contributed by atoms with van der Waals surface area (Å²) in [7, 11) is 9.24. The predicted octanol–water partition coefficient (Wildman–Crippen LogP) is 3.16. The molecule has 0 fully saturated rings. The van der Waals surface area contributed by atoms with E-state index in [1.165, 1.54) is 18.3 Å². The van der Waals surface area contributed by atoms with Crippen LogP contribution in [0.15, 0.2) is 48.7 Å². The number of H-pyrrole nitrogens is 1. The number of nitrogens with one attached hydrogen (secondary N) is 7. The zero-order valence-corrected chi connectivity index (χ0v) is 37.1. The third-order valence-electron chi connectivity index (χ3n) is 9.02. The van der Waals surface area contributed by atoms with Crippen molar-refractivity contribution >= 4 is 88.6 Å². The second kappa shape index (κ2) is 23.4. The molecule has 2 aromatic carbocycles. The van der Waals surface area contributed by atoms with Gasteiger partial charge in [0.25, 0.3) is 0 Å². The first-order chi connectivity index (χ1) is 26.2. The fourth-order valence-corrected chi connectivity index (χ4v) is 7.10. The number of hydrogen-bond donors (Lipinski definition) is 7. The Hall–Kier alpha value is -2.88. The second-order valence-electron chi connectivity index (χ2n) is 13.6. The maximum Gasteiger partial charge on any atom is 0.331 e. The van der Waals surface area contributed by atoms with Gasteiger partial charge in [0, 0.05) is 48.3 Å². The largest absolute Gasteiger partial charge is 0.492 e. The number of unbranched alkanes of at least 4 members (excludes halogenated alkanes) is 1. The van der Waals surface area contributed by atoms with Gasteiger partial charge in [-0.15, -0.1) is 11.4 Å². The fraction of sp³-hybridized carbons (Fsp3) is 0.472. The second-order valence-corrected chi connectivity index (χ2v) is 16.6. The van der Waals surface area contributed by atoms with Crippen molar-refractivity contribution < 1.29 is 33.2 Å². The van der Waals surface area contributed by atoms with Crippen LogP contribution in [0.5, 0.6) is 5.75 Å². The number of amides is 4. The normalized spacial score (nSPS) is 13.6. The van der Waals surface area contributed by atoms with Gasteiger partial charge in [0.2, 0.25) is 23.6 Å². The van der Waals surface area contributed by atoms with Gasteiger partial charge in [-0.25, -0.2) is 4.79 Å². The lowest BCUT2D eigenvalue weighted by Gasteiger charge is -2.34. The highest BCUT2D eigenvalue weighted by Gasteiger charge is 2.39. The first kappa shape index (κ1) is 46.5. The quantitative estimate of drug-likeness (QED) is 0.0551. The van der Waals surface area contributed by atoms with E-state index in [1.54, 1.807) is 38.1 Å². The number of aromatic amines is 1. The first-order valence-electron chi connectivity index (χ1n) is 17.9. The van der Waals surface area contributed by atoms with E-state index < -0.39 is 52.6 Å². The molecule has 0 saturated carbocycles. The molecular weight excluding hydrogens is 798 g/mol. The van der Waals surface area contributed by atoms with Gasteiger partial charge in [0.1, 0.15) is 30.5 Å². The lowest BCUT2D eigenvalue weighted by atomic mass is 9.99. The van der Waals surface area contributed by atoms with Gasteiger partial charge >= 0.3 is 5.97 Å². The molecule has 55 heavy (non-hydrogen) atoms. The topological polar surface area (TPSA) is 192 Å². The Balaban J connectivity index is 1.81. The van der Waals surface area contributed by atoms with Gasteiger partial charge in [-0.05, 0) is 75.3 Å². The molecule has 14 nitrogen and oxygen atoms in total. The molecule has 302 valence electrons. The number of benzene rings is 2. The third kappa shape index (κ3) is 14.5. The molecule has 3 aromatic rings. The first-order valence-corrected chi connectivity index (χ1v) is 21.8. The smallest absolute Gasteiger partial charge is 0.331 e. The molecule has 0 aliphatic carbocycles. The van der Waals surface area contributed by atoms with Crippen molar-refractivity contribution in [3.63, 3.8) is 0 Å². The van der Waals surface area contributed by atoms with E-state index in [-0.39, 0.29) is 18.7 Å². The highest BCUT2D eigenvalue weighted by Crippen LogP contribution is 2.34. The van der Waals surface area contributed by atoms with Crippen LogP contribution < -0.4 is 36.2 Å². The van der Waals surface area contributed by atoms with E-state index in [9.17, 15) is 24.0 Å². The number of ether oxygens (including phenoxy) is 1. The molecular formula is C36H55N7O7P4S. The molecule has 0 aliphatic rings. The fourth-order valence-electron chi connectivity index (χ4n) is 5.84. The molecule has 0 radical (unpaired) electrons. The molecule has 0 bridgehead atoms. The van der Waals surface area contributed by atoms with E-state index in [2.05, 4.69) is 63.6 Å². The zero-order chi connectivity index (χ0) is 40.5. The van der Waals surface area contributed by atoms with Crippen LogP contribution in [0.25, 0.3) is 10.9 Å². The Bertz CT molecular complexity index is 1750. The van der Waals surface area contributed by atoms with Gasteiger partial charge < -0.3 is 35.5 Å². The Labute approximate surface area is 336 Å². The number of fused-ring (bicyclic) bond motifs is 1. The van der Waals surface area contributed by atoms with Crippen LogP contribution in [0.1, 0.15) is 56.7 Å². The van der Waals surface area contributed by atoms with E-state index in [0.717, 1.165) is 27.6 Å². The average Bonchev–Trinajstić information content (AvgIpc) is 3.58. The molecule has 0 spiro atoms. The number of rotatable bonds is 23. The van der Waals surface area contributed by atoms with E-state index in [0.29, 0.717) is 44.7 Å². The molecule has 1 aromatic heterocycles. The van der Waals surface area contributed by atoms with Crippen molar-refractivity contribution in [2.45, 2.75) is 88.7 Å². The third-order valence-corrected chi connectivity index (χ3v) is 12.6. The molecule has 1 heterocycles. The van der Waals surface area contributed by atoms with E-state index in [4.69, 9.17) is 9.26 Å². The van der Waals surface area contributed by atoms with Crippen molar-refractivity contribution in [3.8, 4) is 5.75 Å². The van der Waals surface area contributed by atoms with Gasteiger partial charge in [-0.2, -0.15) is 0 Å². The van der Waals surface area contributed by atoms with Crippen LogP contribution in [0.3, 0.4) is 0 Å². The standard InChI is InChI=1S/C36H55N7O7P4S/c1-21-8-7-9-26-24(20-38-30(21)26)19-28(43-52)33(46)40-27(10-5-6-15-37-22(2)44)32(45)42-31(36(3,4)55-54)34(47)41-29(35(48)50-53)18-23-11-13-25(14-12-23)49-17-16-39-51/h7-9,11-14,20,27-29,31,38-39,43H,5-6,10,15-19,51-54H2,1-4H3,(H,37,44)(H,40,46)(H,41,47)(H,42,45)/t27-,28-,29-,31+/m0/s1. The highest BCUT2D eigenvalue weighted by atomic mass is 32.7. The van der Waals surface area contributed by atoms with Crippen molar-refractivity contribution in [2.75, 3.05) is 19.7 Å². The molecule has 19 heteroatoms. The summed E-state index contributed by atoms with van der Waals surface area (Å²) in [5.74, 6) is -1.76. The minimum absolute atomic E-state index is 0.119. The molecule has 0 saturated heterocycles. The molecule has 3 rings (SSSR count). The maximum atomic E-state index is 14.1. The van der Waals surface area contributed by atoms with E-state index in [1.807, 2.05) is 40.8 Å². The lowest BCUT2D eigenvalue weighted by Crippen LogP contribution is -2.62. The van der Waals surface area contributed by atoms with Crippen LogP contribution >= 0.6 is 48.1 Å². The number of carbonyl (C=O) groups is 5.